The van der Waals surface area contributed by atoms with E-state index in [4.69, 9.17) is 4.74 Å². The molecule has 1 atom stereocenters. The first kappa shape index (κ1) is 22.4. The Kier molecular flexibility index (Phi) is 6.98. The number of likely N-dealkylation sites (tertiary alicyclic amines) is 1. The van der Waals surface area contributed by atoms with Gasteiger partial charge in [-0.3, -0.25) is 14.4 Å². The minimum absolute atomic E-state index is 0.114. The summed E-state index contributed by atoms with van der Waals surface area (Å²) in [6, 6.07) is 5.67. The molecule has 1 aromatic carbocycles. The zero-order chi connectivity index (χ0) is 22.5. The number of benzene rings is 1. The maximum absolute atomic E-state index is 13.2. The Morgan fingerprint density at radius 2 is 1.97 bits per heavy atom. The van der Waals surface area contributed by atoms with E-state index in [0.29, 0.717) is 43.9 Å². The number of halogens is 1. The van der Waals surface area contributed by atoms with Gasteiger partial charge in [-0.1, -0.05) is 5.21 Å². The van der Waals surface area contributed by atoms with E-state index in [2.05, 4.69) is 10.3 Å². The highest BCUT2D eigenvalue weighted by atomic mass is 19.1. The van der Waals surface area contributed by atoms with Crippen molar-refractivity contribution in [2.45, 2.75) is 26.7 Å². The molecule has 9 nitrogen and oxygen atoms in total. The summed E-state index contributed by atoms with van der Waals surface area (Å²) < 4.78 is 19.7. The molecule has 1 aliphatic rings. The van der Waals surface area contributed by atoms with Gasteiger partial charge in [0, 0.05) is 20.1 Å². The van der Waals surface area contributed by atoms with Gasteiger partial charge in [0.25, 0.3) is 5.91 Å². The van der Waals surface area contributed by atoms with Gasteiger partial charge in [-0.05, 0) is 51.0 Å². The Balaban J connectivity index is 1.64. The number of carbonyl (C=O) groups excluding carboxylic acids is 3. The van der Waals surface area contributed by atoms with Gasteiger partial charge in [-0.25, -0.2) is 9.07 Å². The van der Waals surface area contributed by atoms with Crippen LogP contribution in [0, 0.1) is 18.7 Å². The molecule has 1 unspecified atom stereocenters. The zero-order valence-corrected chi connectivity index (χ0v) is 17.9. The second-order valence-corrected chi connectivity index (χ2v) is 7.50. The van der Waals surface area contributed by atoms with Crippen molar-refractivity contribution < 1.29 is 23.5 Å². The van der Waals surface area contributed by atoms with E-state index in [0.717, 1.165) is 0 Å². The van der Waals surface area contributed by atoms with Crippen molar-refractivity contribution in [1.29, 1.82) is 0 Å². The summed E-state index contributed by atoms with van der Waals surface area (Å²) in [5.74, 6) is -1.69. The van der Waals surface area contributed by atoms with Crippen molar-refractivity contribution in [1.82, 2.24) is 24.8 Å². The smallest absolute Gasteiger partial charge is 0.310 e. The Hall–Kier alpha value is -3.30. The summed E-state index contributed by atoms with van der Waals surface area (Å²) in [7, 11) is 1.52. The lowest BCUT2D eigenvalue weighted by molar-refractivity contribution is -0.151. The highest BCUT2D eigenvalue weighted by Crippen LogP contribution is 2.19. The van der Waals surface area contributed by atoms with Gasteiger partial charge in [0.1, 0.15) is 5.82 Å². The maximum Gasteiger partial charge on any atom is 0.310 e. The highest BCUT2D eigenvalue weighted by Gasteiger charge is 2.31. The first-order valence-electron chi connectivity index (χ1n) is 10.2. The summed E-state index contributed by atoms with van der Waals surface area (Å²) in [5, 5.41) is 7.94. The number of piperidine rings is 1. The largest absolute Gasteiger partial charge is 0.466 e. The predicted molar refractivity (Wildman–Crippen MR) is 109 cm³/mol. The van der Waals surface area contributed by atoms with Crippen molar-refractivity contribution in [3.63, 3.8) is 0 Å². The van der Waals surface area contributed by atoms with Crippen LogP contribution in [0.4, 0.5) is 4.39 Å². The number of esters is 1. The molecule has 3 rings (SSSR count). The van der Waals surface area contributed by atoms with E-state index < -0.39 is 5.91 Å². The van der Waals surface area contributed by atoms with Gasteiger partial charge in [0.05, 0.1) is 30.5 Å². The fourth-order valence-electron chi connectivity index (χ4n) is 3.57. The zero-order valence-electron chi connectivity index (χ0n) is 17.9. The van der Waals surface area contributed by atoms with Crippen LogP contribution in [0.3, 0.4) is 0 Å². The molecular weight excluding hydrogens is 405 g/mol. The van der Waals surface area contributed by atoms with Crippen LogP contribution in [0.15, 0.2) is 24.3 Å². The molecule has 2 heterocycles. The molecule has 0 radical (unpaired) electrons. The van der Waals surface area contributed by atoms with Crippen LogP contribution in [0.1, 0.15) is 35.9 Å². The number of likely N-dealkylation sites (N-methyl/N-ethyl adjacent to an activating group) is 1. The van der Waals surface area contributed by atoms with Gasteiger partial charge in [-0.15, -0.1) is 5.10 Å². The molecule has 10 heteroatoms. The standard InChI is InChI=1S/C21H26FN5O4/c1-4-31-21(30)15-6-5-11-26(12-15)18(28)13-25(3)20(29)19-14(2)27(24-23-19)17-9-7-16(22)8-10-17/h7-10,15H,4-6,11-13H2,1-3H3. The molecule has 1 saturated heterocycles. The fraction of sp³-hybridized carbons (Fsp3) is 0.476. The number of hydrogen-bond acceptors (Lipinski definition) is 6. The van der Waals surface area contributed by atoms with Crippen LogP contribution in [0.25, 0.3) is 5.69 Å². The molecule has 1 aromatic heterocycles. The number of ether oxygens (including phenoxy) is 1. The Labute approximate surface area is 179 Å². The van der Waals surface area contributed by atoms with Gasteiger partial charge >= 0.3 is 5.97 Å². The summed E-state index contributed by atoms with van der Waals surface area (Å²) in [5.41, 5.74) is 1.17. The normalized spacial score (nSPS) is 16.1. The Morgan fingerprint density at radius 1 is 1.26 bits per heavy atom. The minimum atomic E-state index is -0.446. The van der Waals surface area contributed by atoms with Crippen molar-refractivity contribution in [3.8, 4) is 5.69 Å². The van der Waals surface area contributed by atoms with Gasteiger partial charge in [0.2, 0.25) is 5.91 Å². The monoisotopic (exact) mass is 431 g/mol. The van der Waals surface area contributed by atoms with Gasteiger partial charge in [0.15, 0.2) is 5.69 Å². The van der Waals surface area contributed by atoms with E-state index in [1.165, 1.54) is 40.9 Å². The molecule has 2 amide bonds. The number of hydrogen-bond donors (Lipinski definition) is 0. The van der Waals surface area contributed by atoms with Crippen LogP contribution in [0.2, 0.25) is 0 Å². The van der Waals surface area contributed by atoms with Crippen LogP contribution in [0.5, 0.6) is 0 Å². The van der Waals surface area contributed by atoms with Crippen LogP contribution in [-0.4, -0.2) is 75.9 Å². The molecule has 2 aromatic rings. The Bertz CT molecular complexity index is 959. The van der Waals surface area contributed by atoms with Crippen LogP contribution < -0.4 is 0 Å². The third kappa shape index (κ3) is 5.07. The number of aromatic nitrogens is 3. The highest BCUT2D eigenvalue weighted by molar-refractivity contribution is 5.95. The summed E-state index contributed by atoms with van der Waals surface area (Å²) in [6.45, 7) is 4.42. The van der Waals surface area contributed by atoms with Crippen molar-refractivity contribution in [2.75, 3.05) is 33.3 Å². The van der Waals surface area contributed by atoms with Crippen molar-refractivity contribution in [3.05, 3.63) is 41.5 Å². The third-order valence-electron chi connectivity index (χ3n) is 5.28. The molecule has 1 fully saturated rings. The topological polar surface area (TPSA) is 97.6 Å². The molecular formula is C21H26FN5O4. The van der Waals surface area contributed by atoms with Gasteiger partial charge < -0.3 is 14.5 Å². The number of amides is 2. The number of nitrogens with zero attached hydrogens (tertiary/aromatic N) is 5. The van der Waals surface area contributed by atoms with Crippen molar-refractivity contribution in [2.24, 2.45) is 5.92 Å². The second-order valence-electron chi connectivity index (χ2n) is 7.50. The quantitative estimate of drug-likeness (QED) is 0.645. The molecule has 31 heavy (non-hydrogen) atoms. The molecule has 166 valence electrons. The first-order chi connectivity index (χ1) is 14.8. The predicted octanol–water partition coefficient (Wildman–Crippen LogP) is 1.59. The summed E-state index contributed by atoms with van der Waals surface area (Å²) in [4.78, 5) is 40.4. The maximum atomic E-state index is 13.2. The van der Waals surface area contributed by atoms with E-state index in [-0.39, 0.29) is 35.9 Å². The molecule has 1 aliphatic heterocycles. The molecule has 0 bridgehead atoms. The fourth-order valence-corrected chi connectivity index (χ4v) is 3.57. The average molecular weight is 431 g/mol. The number of carbonyl (C=O) groups is 3. The van der Waals surface area contributed by atoms with E-state index in [1.54, 1.807) is 18.7 Å². The van der Waals surface area contributed by atoms with E-state index in [1.807, 2.05) is 0 Å². The first-order valence-corrected chi connectivity index (χ1v) is 10.2. The lowest BCUT2D eigenvalue weighted by Gasteiger charge is -2.32. The average Bonchev–Trinajstić information content (AvgIpc) is 3.15. The van der Waals surface area contributed by atoms with Gasteiger partial charge in [-0.2, -0.15) is 0 Å². The molecule has 0 aliphatic carbocycles. The molecule has 0 spiro atoms. The van der Waals surface area contributed by atoms with Crippen LogP contribution in [-0.2, 0) is 14.3 Å². The lowest BCUT2D eigenvalue weighted by atomic mass is 9.98. The van der Waals surface area contributed by atoms with E-state index >= 15 is 0 Å². The molecule has 0 N–H and O–H groups in total. The van der Waals surface area contributed by atoms with Crippen LogP contribution >= 0.6 is 0 Å². The SMILES string of the molecule is CCOC(=O)C1CCCN(C(=O)CN(C)C(=O)c2nnn(-c3ccc(F)cc3)c2C)C1. The third-order valence-corrected chi connectivity index (χ3v) is 5.28. The second kappa shape index (κ2) is 9.67. The summed E-state index contributed by atoms with van der Waals surface area (Å²) >= 11 is 0. The van der Waals surface area contributed by atoms with Crippen molar-refractivity contribution >= 4 is 17.8 Å². The lowest BCUT2D eigenvalue weighted by Crippen LogP contribution is -2.47. The Morgan fingerprint density at radius 3 is 2.65 bits per heavy atom. The van der Waals surface area contributed by atoms with E-state index in [9.17, 15) is 18.8 Å². The number of rotatable bonds is 6. The minimum Gasteiger partial charge on any atom is -0.466 e. The molecule has 0 saturated carbocycles. The summed E-state index contributed by atoms with van der Waals surface area (Å²) in [6.07, 6.45) is 1.39.